The summed E-state index contributed by atoms with van der Waals surface area (Å²) in [6.07, 6.45) is 3.46. The highest BCUT2D eigenvalue weighted by Crippen LogP contribution is 2.31. The minimum absolute atomic E-state index is 0.0484. The molecule has 1 N–H and O–H groups in total. The third-order valence-corrected chi connectivity index (χ3v) is 6.16. The van der Waals surface area contributed by atoms with E-state index >= 15 is 0 Å². The van der Waals surface area contributed by atoms with Crippen molar-refractivity contribution in [3.63, 3.8) is 0 Å². The van der Waals surface area contributed by atoms with Crippen LogP contribution in [0.15, 0.2) is 84.3 Å². The van der Waals surface area contributed by atoms with Crippen LogP contribution >= 0.6 is 11.8 Å². The number of hydrogen-bond acceptors (Lipinski definition) is 6. The van der Waals surface area contributed by atoms with Crippen molar-refractivity contribution in [3.05, 3.63) is 90.3 Å². The first-order valence-corrected chi connectivity index (χ1v) is 12.0. The van der Waals surface area contributed by atoms with E-state index in [0.29, 0.717) is 16.5 Å². The number of para-hydroxylation sites is 1. The van der Waals surface area contributed by atoms with E-state index in [0.717, 1.165) is 16.8 Å². The zero-order chi connectivity index (χ0) is 23.9. The number of hydrogen-bond donors (Lipinski definition) is 1. The fourth-order valence-electron chi connectivity index (χ4n) is 3.53. The van der Waals surface area contributed by atoms with Crippen LogP contribution in [-0.4, -0.2) is 43.7 Å². The van der Waals surface area contributed by atoms with Gasteiger partial charge in [0.05, 0.1) is 18.0 Å². The highest BCUT2D eigenvalue weighted by molar-refractivity contribution is 7.99. The van der Waals surface area contributed by atoms with Crippen LogP contribution in [0.25, 0.3) is 17.1 Å². The molecule has 172 valence electrons. The van der Waals surface area contributed by atoms with Gasteiger partial charge in [-0.1, -0.05) is 74.1 Å². The van der Waals surface area contributed by atoms with Crippen LogP contribution in [0.4, 0.5) is 0 Å². The first-order valence-electron chi connectivity index (χ1n) is 11.0. The topological polar surface area (TPSA) is 89.8 Å². The van der Waals surface area contributed by atoms with Gasteiger partial charge in [0, 0.05) is 23.5 Å². The Kier molecular flexibility index (Phi) is 7.49. The number of amides is 1. The maximum Gasteiger partial charge on any atom is 0.230 e. The molecule has 0 saturated heterocycles. The maximum atomic E-state index is 12.5. The molecule has 0 radical (unpaired) electrons. The summed E-state index contributed by atoms with van der Waals surface area (Å²) >= 11 is 1.28. The summed E-state index contributed by atoms with van der Waals surface area (Å²) in [7, 11) is 0. The summed E-state index contributed by atoms with van der Waals surface area (Å²) in [5.74, 6) is 0.668. The smallest absolute Gasteiger partial charge is 0.230 e. The molecule has 1 amide bonds. The Morgan fingerprint density at radius 3 is 2.47 bits per heavy atom. The molecule has 0 unspecified atom stereocenters. The number of aromatic nitrogens is 4. The van der Waals surface area contributed by atoms with Gasteiger partial charge in [-0.3, -0.25) is 19.1 Å². The molecule has 0 aliphatic carbocycles. The molecule has 0 spiro atoms. The zero-order valence-electron chi connectivity index (χ0n) is 19.0. The summed E-state index contributed by atoms with van der Waals surface area (Å²) in [6.45, 7) is 4.22. The van der Waals surface area contributed by atoms with E-state index in [2.05, 4.69) is 40.4 Å². The Balaban J connectivity index is 1.55. The van der Waals surface area contributed by atoms with Gasteiger partial charge in [-0.2, -0.15) is 0 Å². The Hall–Kier alpha value is -3.78. The third kappa shape index (κ3) is 5.40. The number of benzene rings is 2. The van der Waals surface area contributed by atoms with Gasteiger partial charge in [0.25, 0.3) is 0 Å². The third-order valence-electron chi connectivity index (χ3n) is 5.23. The molecule has 0 fully saturated rings. The predicted octanol–water partition coefficient (Wildman–Crippen LogP) is 4.54. The lowest BCUT2D eigenvalue weighted by Crippen LogP contribution is -2.30. The minimum Gasteiger partial charge on any atom is -0.348 e. The fraction of sp³-hybridized carbons (Fsp3) is 0.192. The SMILES string of the molecule is CC(C)c1ccccc1-n1c(SCC(=O)NCC(=O)c2ccccc2)nnc1-c1cccnc1. The monoisotopic (exact) mass is 471 g/mol. The number of nitrogens with one attached hydrogen (secondary N) is 1. The Morgan fingerprint density at radius 1 is 0.971 bits per heavy atom. The van der Waals surface area contributed by atoms with E-state index in [4.69, 9.17) is 0 Å². The highest BCUT2D eigenvalue weighted by atomic mass is 32.2. The first kappa shape index (κ1) is 23.4. The second-order valence-corrected chi connectivity index (χ2v) is 8.89. The average molecular weight is 472 g/mol. The van der Waals surface area contributed by atoms with Crippen LogP contribution in [0, 0.1) is 0 Å². The normalized spacial score (nSPS) is 10.9. The molecule has 7 nitrogen and oxygen atoms in total. The van der Waals surface area contributed by atoms with Crippen molar-refractivity contribution in [2.24, 2.45) is 0 Å². The van der Waals surface area contributed by atoms with Crippen molar-refractivity contribution >= 4 is 23.5 Å². The lowest BCUT2D eigenvalue weighted by Gasteiger charge is -2.16. The molecule has 8 heteroatoms. The summed E-state index contributed by atoms with van der Waals surface area (Å²) in [6, 6.07) is 20.8. The van der Waals surface area contributed by atoms with Crippen LogP contribution in [0.2, 0.25) is 0 Å². The summed E-state index contributed by atoms with van der Waals surface area (Å²) < 4.78 is 1.97. The molecule has 34 heavy (non-hydrogen) atoms. The lowest BCUT2D eigenvalue weighted by atomic mass is 10.0. The number of carbonyl (C=O) groups excluding carboxylic acids is 2. The molecule has 2 aromatic heterocycles. The Morgan fingerprint density at radius 2 is 1.74 bits per heavy atom. The maximum absolute atomic E-state index is 12.5. The van der Waals surface area contributed by atoms with Crippen molar-refractivity contribution in [1.82, 2.24) is 25.1 Å². The van der Waals surface area contributed by atoms with Crippen LogP contribution in [-0.2, 0) is 4.79 Å². The quantitative estimate of drug-likeness (QED) is 0.285. The molecule has 0 bridgehead atoms. The second kappa shape index (κ2) is 10.9. The van der Waals surface area contributed by atoms with Crippen LogP contribution in [0.5, 0.6) is 0 Å². The first-order chi connectivity index (χ1) is 16.5. The summed E-state index contributed by atoms with van der Waals surface area (Å²) in [4.78, 5) is 29.0. The van der Waals surface area contributed by atoms with Crippen molar-refractivity contribution in [3.8, 4) is 17.1 Å². The van der Waals surface area contributed by atoms with E-state index in [9.17, 15) is 9.59 Å². The standard InChI is InChI=1S/C26H25N5O2S/c1-18(2)21-12-6-7-13-22(21)31-25(20-11-8-14-27-15-20)29-30-26(31)34-17-24(33)28-16-23(32)19-9-4-3-5-10-19/h3-15,18H,16-17H2,1-2H3,(H,28,33). The molecular formula is C26H25N5O2S. The van der Waals surface area contributed by atoms with E-state index < -0.39 is 0 Å². The molecule has 0 saturated carbocycles. The molecule has 4 aromatic rings. The number of carbonyl (C=O) groups is 2. The van der Waals surface area contributed by atoms with Crippen molar-refractivity contribution < 1.29 is 9.59 Å². The van der Waals surface area contributed by atoms with Crippen molar-refractivity contribution in [1.29, 1.82) is 0 Å². The van der Waals surface area contributed by atoms with Crippen LogP contribution in [0.1, 0.15) is 35.7 Å². The predicted molar refractivity (Wildman–Crippen MR) is 133 cm³/mol. The number of rotatable bonds is 9. The minimum atomic E-state index is -0.246. The molecule has 2 aromatic carbocycles. The molecule has 0 aliphatic heterocycles. The summed E-state index contributed by atoms with van der Waals surface area (Å²) in [5, 5.41) is 12.1. The van der Waals surface area contributed by atoms with Gasteiger partial charge in [-0.15, -0.1) is 10.2 Å². The van der Waals surface area contributed by atoms with Crippen LogP contribution in [0.3, 0.4) is 0 Å². The van der Waals surface area contributed by atoms with Crippen molar-refractivity contribution in [2.75, 3.05) is 12.3 Å². The number of ketones is 1. The van der Waals surface area contributed by atoms with Gasteiger partial charge in [0.1, 0.15) is 0 Å². The Labute approximate surface area is 202 Å². The van der Waals surface area contributed by atoms with Gasteiger partial charge in [0.2, 0.25) is 5.91 Å². The van der Waals surface area contributed by atoms with E-state index in [-0.39, 0.29) is 29.9 Å². The zero-order valence-corrected chi connectivity index (χ0v) is 19.8. The van der Waals surface area contributed by atoms with Gasteiger partial charge >= 0.3 is 0 Å². The average Bonchev–Trinajstić information content (AvgIpc) is 3.30. The van der Waals surface area contributed by atoms with E-state index in [1.807, 2.05) is 41.0 Å². The number of thioether (sulfide) groups is 1. The number of Topliss-reactive ketones (excluding diaryl/α,β-unsaturated/α-hetero) is 1. The molecule has 2 heterocycles. The van der Waals surface area contributed by atoms with Crippen LogP contribution < -0.4 is 5.32 Å². The number of nitrogens with zero attached hydrogens (tertiary/aromatic N) is 4. The molecule has 0 aliphatic rings. The lowest BCUT2D eigenvalue weighted by molar-refractivity contribution is -0.118. The molecule has 4 rings (SSSR count). The Bertz CT molecular complexity index is 1270. The van der Waals surface area contributed by atoms with Crippen molar-refractivity contribution in [2.45, 2.75) is 24.9 Å². The van der Waals surface area contributed by atoms with Gasteiger partial charge < -0.3 is 5.32 Å². The molecular weight excluding hydrogens is 446 g/mol. The van der Waals surface area contributed by atoms with E-state index in [1.54, 1.807) is 36.7 Å². The second-order valence-electron chi connectivity index (χ2n) is 7.95. The fourth-order valence-corrected chi connectivity index (χ4v) is 4.30. The van der Waals surface area contributed by atoms with E-state index in [1.165, 1.54) is 11.8 Å². The van der Waals surface area contributed by atoms with Gasteiger partial charge in [0.15, 0.2) is 16.8 Å². The van der Waals surface area contributed by atoms with Gasteiger partial charge in [-0.25, -0.2) is 0 Å². The van der Waals surface area contributed by atoms with Gasteiger partial charge in [-0.05, 0) is 29.7 Å². The largest absolute Gasteiger partial charge is 0.348 e. The highest BCUT2D eigenvalue weighted by Gasteiger charge is 2.20. The number of pyridine rings is 1. The summed E-state index contributed by atoms with van der Waals surface area (Å²) in [5.41, 5.74) is 3.51. The molecule has 0 atom stereocenters.